The molecule has 0 bridgehead atoms. The smallest absolute Gasteiger partial charge is 0.257 e. The van der Waals surface area contributed by atoms with Crippen molar-refractivity contribution < 1.29 is 13.7 Å². The van der Waals surface area contributed by atoms with Crippen LogP contribution in [0.5, 0.6) is 0 Å². The Balaban J connectivity index is 1.58. The fourth-order valence-electron chi connectivity index (χ4n) is 2.60. The van der Waals surface area contributed by atoms with E-state index in [9.17, 15) is 9.18 Å². The SMILES string of the molecule is Cc1onc(-c2ccccc2Cl)c1C(=O)NCCSCc1ccccc1F. The Morgan fingerprint density at radius 1 is 1.22 bits per heavy atom. The first kappa shape index (κ1) is 19.5. The Labute approximate surface area is 166 Å². The Hall–Kier alpha value is -2.31. The van der Waals surface area contributed by atoms with Gasteiger partial charge in [0.05, 0.1) is 5.02 Å². The van der Waals surface area contributed by atoms with Crippen LogP contribution in [0.2, 0.25) is 5.02 Å². The number of carbonyl (C=O) groups excluding carboxylic acids is 1. The molecule has 1 N–H and O–H groups in total. The lowest BCUT2D eigenvalue weighted by Crippen LogP contribution is -2.26. The minimum absolute atomic E-state index is 0.210. The van der Waals surface area contributed by atoms with Crippen LogP contribution in [-0.4, -0.2) is 23.4 Å². The number of carbonyl (C=O) groups is 1. The Morgan fingerprint density at radius 2 is 1.96 bits per heavy atom. The van der Waals surface area contributed by atoms with E-state index in [0.717, 1.165) is 0 Å². The maximum atomic E-state index is 13.6. The van der Waals surface area contributed by atoms with Gasteiger partial charge in [0.15, 0.2) is 0 Å². The van der Waals surface area contributed by atoms with Crippen LogP contribution < -0.4 is 5.32 Å². The summed E-state index contributed by atoms with van der Waals surface area (Å²) in [6.07, 6.45) is 0. The monoisotopic (exact) mass is 404 g/mol. The Morgan fingerprint density at radius 3 is 2.74 bits per heavy atom. The van der Waals surface area contributed by atoms with Crippen LogP contribution in [0, 0.1) is 12.7 Å². The first-order valence-corrected chi connectivity index (χ1v) is 9.91. The molecule has 0 aliphatic carbocycles. The van der Waals surface area contributed by atoms with Gasteiger partial charge in [0.25, 0.3) is 5.91 Å². The molecule has 1 amide bonds. The minimum Gasteiger partial charge on any atom is -0.360 e. The third-order valence-corrected chi connectivity index (χ3v) is 5.30. The van der Waals surface area contributed by atoms with Crippen LogP contribution in [0.25, 0.3) is 11.3 Å². The second-order valence-corrected chi connectivity index (χ2v) is 7.35. The largest absolute Gasteiger partial charge is 0.360 e. The van der Waals surface area contributed by atoms with Crippen molar-refractivity contribution in [3.8, 4) is 11.3 Å². The lowest BCUT2D eigenvalue weighted by atomic mass is 10.1. The van der Waals surface area contributed by atoms with Crippen molar-refractivity contribution in [3.05, 3.63) is 76.3 Å². The van der Waals surface area contributed by atoms with Gasteiger partial charge in [-0.1, -0.05) is 53.2 Å². The van der Waals surface area contributed by atoms with Crippen LogP contribution in [0.3, 0.4) is 0 Å². The van der Waals surface area contributed by atoms with Gasteiger partial charge in [0.2, 0.25) is 0 Å². The number of thioether (sulfide) groups is 1. The van der Waals surface area contributed by atoms with Crippen molar-refractivity contribution in [2.75, 3.05) is 12.3 Å². The molecule has 0 aliphatic heterocycles. The van der Waals surface area contributed by atoms with Crippen LogP contribution in [0.4, 0.5) is 4.39 Å². The van der Waals surface area contributed by atoms with Crippen molar-refractivity contribution >= 4 is 29.3 Å². The summed E-state index contributed by atoms with van der Waals surface area (Å²) in [6, 6.07) is 13.9. The van der Waals surface area contributed by atoms with E-state index in [1.165, 1.54) is 6.07 Å². The van der Waals surface area contributed by atoms with E-state index in [0.29, 0.717) is 51.2 Å². The second-order valence-electron chi connectivity index (χ2n) is 5.84. The number of benzene rings is 2. The zero-order valence-electron chi connectivity index (χ0n) is 14.7. The maximum Gasteiger partial charge on any atom is 0.257 e. The highest BCUT2D eigenvalue weighted by Crippen LogP contribution is 2.30. The predicted octanol–water partition coefficient (Wildman–Crippen LogP) is 5.11. The summed E-state index contributed by atoms with van der Waals surface area (Å²) in [6.45, 7) is 2.14. The number of halogens is 2. The average molecular weight is 405 g/mol. The number of nitrogens with one attached hydrogen (secondary N) is 1. The molecule has 1 heterocycles. The Bertz CT molecular complexity index is 945. The third kappa shape index (κ3) is 4.70. The number of rotatable bonds is 7. The van der Waals surface area contributed by atoms with E-state index in [2.05, 4.69) is 10.5 Å². The second kappa shape index (κ2) is 9.06. The van der Waals surface area contributed by atoms with Gasteiger partial charge in [-0.2, -0.15) is 11.8 Å². The molecule has 0 spiro atoms. The van der Waals surface area contributed by atoms with Gasteiger partial charge in [-0.3, -0.25) is 4.79 Å². The van der Waals surface area contributed by atoms with E-state index < -0.39 is 0 Å². The molecule has 4 nitrogen and oxygen atoms in total. The maximum absolute atomic E-state index is 13.6. The molecular formula is C20H18ClFN2O2S. The van der Waals surface area contributed by atoms with Crippen molar-refractivity contribution in [2.24, 2.45) is 0 Å². The lowest BCUT2D eigenvalue weighted by Gasteiger charge is -2.07. The molecule has 0 unspecified atom stereocenters. The van der Waals surface area contributed by atoms with Gasteiger partial charge >= 0.3 is 0 Å². The topological polar surface area (TPSA) is 55.1 Å². The van der Waals surface area contributed by atoms with Crippen molar-refractivity contribution in [1.82, 2.24) is 10.5 Å². The van der Waals surface area contributed by atoms with Gasteiger partial charge in [-0.15, -0.1) is 0 Å². The zero-order valence-corrected chi connectivity index (χ0v) is 16.2. The van der Waals surface area contributed by atoms with Crippen LogP contribution in [0.15, 0.2) is 53.1 Å². The van der Waals surface area contributed by atoms with Crippen molar-refractivity contribution in [1.29, 1.82) is 0 Å². The lowest BCUT2D eigenvalue weighted by molar-refractivity contribution is 0.0955. The number of hydrogen-bond acceptors (Lipinski definition) is 4. The van der Waals surface area contributed by atoms with Crippen LogP contribution >= 0.6 is 23.4 Å². The van der Waals surface area contributed by atoms with E-state index in [-0.39, 0.29) is 11.7 Å². The van der Waals surface area contributed by atoms with E-state index in [1.54, 1.807) is 43.0 Å². The van der Waals surface area contributed by atoms with Gasteiger partial charge in [-0.05, 0) is 24.6 Å². The molecule has 140 valence electrons. The molecule has 7 heteroatoms. The fourth-order valence-corrected chi connectivity index (χ4v) is 3.67. The summed E-state index contributed by atoms with van der Waals surface area (Å²) in [5.41, 5.74) is 2.11. The number of aromatic nitrogens is 1. The molecule has 3 rings (SSSR count). The van der Waals surface area contributed by atoms with Crippen LogP contribution in [0.1, 0.15) is 21.7 Å². The molecule has 0 fully saturated rings. The van der Waals surface area contributed by atoms with E-state index in [1.807, 2.05) is 18.2 Å². The quantitative estimate of drug-likeness (QED) is 0.556. The normalized spacial score (nSPS) is 10.8. The molecule has 27 heavy (non-hydrogen) atoms. The number of aryl methyl sites for hydroxylation is 1. The first-order valence-electron chi connectivity index (χ1n) is 8.38. The Kier molecular flexibility index (Phi) is 6.53. The van der Waals surface area contributed by atoms with E-state index >= 15 is 0 Å². The molecule has 0 atom stereocenters. The zero-order chi connectivity index (χ0) is 19.2. The van der Waals surface area contributed by atoms with Crippen molar-refractivity contribution in [3.63, 3.8) is 0 Å². The molecule has 0 saturated heterocycles. The number of hydrogen-bond donors (Lipinski definition) is 1. The molecule has 3 aromatic rings. The summed E-state index contributed by atoms with van der Waals surface area (Å²) in [5.74, 6) is 1.17. The standard InChI is InChI=1S/C20H18ClFN2O2S/c1-13-18(19(24-26-13)15-7-3-4-8-16(15)21)20(25)23-10-11-27-12-14-6-2-5-9-17(14)22/h2-9H,10-12H2,1H3,(H,23,25). The molecule has 1 aromatic heterocycles. The molecule has 0 saturated carbocycles. The average Bonchev–Trinajstić information content (AvgIpc) is 3.04. The molecule has 0 aliphatic rings. The highest BCUT2D eigenvalue weighted by atomic mass is 35.5. The highest BCUT2D eigenvalue weighted by molar-refractivity contribution is 7.98. The van der Waals surface area contributed by atoms with Gasteiger partial charge < -0.3 is 9.84 Å². The third-order valence-electron chi connectivity index (χ3n) is 3.97. The number of nitrogens with zero attached hydrogens (tertiary/aromatic N) is 1. The number of amides is 1. The van der Waals surface area contributed by atoms with Crippen molar-refractivity contribution in [2.45, 2.75) is 12.7 Å². The first-order chi connectivity index (χ1) is 13.1. The fraction of sp³-hybridized carbons (Fsp3) is 0.200. The van der Waals surface area contributed by atoms with Gasteiger partial charge in [-0.25, -0.2) is 4.39 Å². The predicted molar refractivity (Wildman–Crippen MR) is 107 cm³/mol. The van der Waals surface area contributed by atoms with Gasteiger partial charge in [0.1, 0.15) is 22.8 Å². The molecular weight excluding hydrogens is 387 g/mol. The summed E-state index contributed by atoms with van der Waals surface area (Å²) >= 11 is 7.77. The summed E-state index contributed by atoms with van der Waals surface area (Å²) < 4.78 is 18.8. The molecule has 0 radical (unpaired) electrons. The summed E-state index contributed by atoms with van der Waals surface area (Å²) in [7, 11) is 0. The van der Waals surface area contributed by atoms with E-state index in [4.69, 9.17) is 16.1 Å². The van der Waals surface area contributed by atoms with Gasteiger partial charge in [0, 0.05) is 23.6 Å². The summed E-state index contributed by atoms with van der Waals surface area (Å²) in [4.78, 5) is 12.6. The van der Waals surface area contributed by atoms with Crippen LogP contribution in [-0.2, 0) is 5.75 Å². The highest BCUT2D eigenvalue weighted by Gasteiger charge is 2.22. The molecule has 2 aromatic carbocycles. The minimum atomic E-state index is -0.268. The summed E-state index contributed by atoms with van der Waals surface area (Å²) in [5, 5.41) is 7.35.